The lowest BCUT2D eigenvalue weighted by atomic mass is 10.1. The minimum absolute atomic E-state index is 0.0170. The summed E-state index contributed by atoms with van der Waals surface area (Å²) in [5.41, 5.74) is 0.491. The zero-order valence-corrected chi connectivity index (χ0v) is 15.4. The highest BCUT2D eigenvalue weighted by atomic mass is 19.4. The molecular formula is C20H18F3N3O3. The Morgan fingerprint density at radius 1 is 1.03 bits per heavy atom. The lowest BCUT2D eigenvalue weighted by molar-refractivity contribution is -0.137. The van der Waals surface area contributed by atoms with Crippen molar-refractivity contribution in [3.05, 3.63) is 54.1 Å². The van der Waals surface area contributed by atoms with E-state index in [0.717, 1.165) is 12.1 Å². The van der Waals surface area contributed by atoms with Crippen LogP contribution in [0.15, 0.2) is 48.5 Å². The molecule has 9 heteroatoms. The van der Waals surface area contributed by atoms with Crippen molar-refractivity contribution < 1.29 is 27.6 Å². The Bertz CT molecular complexity index is 942. The van der Waals surface area contributed by atoms with Crippen LogP contribution in [-0.2, 0) is 20.6 Å². The Kier molecular flexibility index (Phi) is 5.58. The van der Waals surface area contributed by atoms with Gasteiger partial charge in [0, 0.05) is 37.0 Å². The average molecular weight is 405 g/mol. The molecule has 0 saturated carbocycles. The topological polar surface area (TPSA) is 78.5 Å². The van der Waals surface area contributed by atoms with E-state index in [0.29, 0.717) is 11.4 Å². The SMILES string of the molecule is CC(=O)Nc1cccc(N2C[C@H](C(=O)Nc3ccc(C(F)(F)F)cc3)CC2=O)c1. The van der Waals surface area contributed by atoms with Crippen LogP contribution < -0.4 is 15.5 Å². The summed E-state index contributed by atoms with van der Waals surface area (Å²) in [4.78, 5) is 37.5. The molecule has 1 aliphatic heterocycles. The number of alkyl halides is 3. The Hall–Kier alpha value is -3.36. The van der Waals surface area contributed by atoms with Crippen LogP contribution in [0.25, 0.3) is 0 Å². The van der Waals surface area contributed by atoms with Gasteiger partial charge in [0.15, 0.2) is 0 Å². The van der Waals surface area contributed by atoms with Crippen molar-refractivity contribution in [1.29, 1.82) is 0 Å². The largest absolute Gasteiger partial charge is 0.416 e. The molecular weight excluding hydrogens is 387 g/mol. The number of rotatable bonds is 4. The van der Waals surface area contributed by atoms with Gasteiger partial charge in [-0.15, -0.1) is 0 Å². The highest BCUT2D eigenvalue weighted by Crippen LogP contribution is 2.31. The summed E-state index contributed by atoms with van der Waals surface area (Å²) in [5.74, 6) is -1.59. The van der Waals surface area contributed by atoms with Crippen LogP contribution in [0.1, 0.15) is 18.9 Å². The van der Waals surface area contributed by atoms with Crippen molar-refractivity contribution in [2.75, 3.05) is 22.1 Å². The molecule has 3 rings (SSSR count). The van der Waals surface area contributed by atoms with Gasteiger partial charge in [0.05, 0.1) is 11.5 Å². The standard InChI is InChI=1S/C20H18F3N3O3/c1-12(27)24-16-3-2-4-17(10-16)26-11-13(9-18(26)28)19(29)25-15-7-5-14(6-8-15)20(21,22)23/h2-8,10,13H,9,11H2,1H3,(H,24,27)(H,25,29)/t13-/m1/s1. The quantitative estimate of drug-likeness (QED) is 0.815. The van der Waals surface area contributed by atoms with Gasteiger partial charge in [-0.05, 0) is 42.5 Å². The number of hydrogen-bond acceptors (Lipinski definition) is 3. The average Bonchev–Trinajstić information content (AvgIpc) is 3.03. The Morgan fingerprint density at radius 2 is 1.72 bits per heavy atom. The van der Waals surface area contributed by atoms with Crippen molar-refractivity contribution >= 4 is 34.8 Å². The first-order chi connectivity index (χ1) is 13.6. The van der Waals surface area contributed by atoms with Crippen LogP contribution in [0, 0.1) is 5.92 Å². The van der Waals surface area contributed by atoms with Gasteiger partial charge < -0.3 is 15.5 Å². The predicted molar refractivity (Wildman–Crippen MR) is 101 cm³/mol. The molecule has 29 heavy (non-hydrogen) atoms. The van der Waals surface area contributed by atoms with Gasteiger partial charge in [-0.2, -0.15) is 13.2 Å². The Balaban J connectivity index is 1.67. The molecule has 152 valence electrons. The van der Waals surface area contributed by atoms with Crippen molar-refractivity contribution in [2.24, 2.45) is 5.92 Å². The number of carbonyl (C=O) groups is 3. The van der Waals surface area contributed by atoms with Crippen LogP contribution in [-0.4, -0.2) is 24.3 Å². The number of amides is 3. The lowest BCUT2D eigenvalue weighted by Crippen LogP contribution is -2.28. The molecule has 3 amide bonds. The van der Waals surface area contributed by atoms with Crippen LogP contribution in [0.2, 0.25) is 0 Å². The van der Waals surface area contributed by atoms with Gasteiger partial charge in [0.2, 0.25) is 17.7 Å². The number of nitrogens with one attached hydrogen (secondary N) is 2. The van der Waals surface area contributed by atoms with E-state index >= 15 is 0 Å². The lowest BCUT2D eigenvalue weighted by Gasteiger charge is -2.18. The monoisotopic (exact) mass is 405 g/mol. The van der Waals surface area contributed by atoms with E-state index in [1.165, 1.54) is 24.0 Å². The van der Waals surface area contributed by atoms with Crippen LogP contribution in [0.5, 0.6) is 0 Å². The molecule has 1 atom stereocenters. The maximum atomic E-state index is 12.6. The van der Waals surface area contributed by atoms with Gasteiger partial charge in [-0.25, -0.2) is 0 Å². The van der Waals surface area contributed by atoms with Crippen molar-refractivity contribution in [1.82, 2.24) is 0 Å². The highest BCUT2D eigenvalue weighted by molar-refractivity contribution is 6.04. The van der Waals surface area contributed by atoms with E-state index < -0.39 is 23.6 Å². The van der Waals surface area contributed by atoms with Crippen LogP contribution in [0.4, 0.5) is 30.2 Å². The molecule has 1 fully saturated rings. The van der Waals surface area contributed by atoms with Gasteiger partial charge in [0.1, 0.15) is 0 Å². The normalized spacial score (nSPS) is 16.6. The minimum Gasteiger partial charge on any atom is -0.326 e. The summed E-state index contributed by atoms with van der Waals surface area (Å²) in [5, 5.41) is 5.18. The summed E-state index contributed by atoms with van der Waals surface area (Å²) in [6.45, 7) is 1.50. The molecule has 1 aliphatic rings. The number of halogens is 3. The molecule has 6 nitrogen and oxygen atoms in total. The number of benzene rings is 2. The summed E-state index contributed by atoms with van der Waals surface area (Å²) < 4.78 is 37.9. The second-order valence-electron chi connectivity index (χ2n) is 6.70. The third-order valence-corrected chi connectivity index (χ3v) is 4.45. The molecule has 0 aromatic heterocycles. The number of hydrogen-bond donors (Lipinski definition) is 2. The van der Waals surface area contributed by atoms with E-state index in [2.05, 4.69) is 10.6 Å². The van der Waals surface area contributed by atoms with Crippen molar-refractivity contribution in [2.45, 2.75) is 19.5 Å². The summed E-state index contributed by atoms with van der Waals surface area (Å²) in [6, 6.07) is 10.8. The molecule has 0 bridgehead atoms. The first kappa shape index (κ1) is 20.4. The molecule has 0 unspecified atom stereocenters. The molecule has 0 radical (unpaired) electrons. The van der Waals surface area contributed by atoms with Crippen LogP contribution >= 0.6 is 0 Å². The fourth-order valence-electron chi connectivity index (χ4n) is 3.07. The number of nitrogens with zero attached hydrogens (tertiary/aromatic N) is 1. The molecule has 0 aliphatic carbocycles. The van der Waals surface area contributed by atoms with Gasteiger partial charge >= 0.3 is 6.18 Å². The smallest absolute Gasteiger partial charge is 0.326 e. The van der Waals surface area contributed by atoms with Crippen molar-refractivity contribution in [3.63, 3.8) is 0 Å². The number of carbonyl (C=O) groups excluding carboxylic acids is 3. The van der Waals surface area contributed by atoms with Crippen LogP contribution in [0.3, 0.4) is 0 Å². The van der Waals surface area contributed by atoms with E-state index in [4.69, 9.17) is 0 Å². The molecule has 2 aromatic carbocycles. The van der Waals surface area contributed by atoms with Crippen molar-refractivity contribution in [3.8, 4) is 0 Å². The molecule has 2 aromatic rings. The molecule has 0 spiro atoms. The molecule has 1 saturated heterocycles. The summed E-state index contributed by atoms with van der Waals surface area (Å²) >= 11 is 0. The fraction of sp³-hybridized carbons (Fsp3) is 0.250. The second-order valence-corrected chi connectivity index (χ2v) is 6.70. The van der Waals surface area contributed by atoms with Gasteiger partial charge in [-0.1, -0.05) is 6.07 Å². The third-order valence-electron chi connectivity index (χ3n) is 4.45. The van der Waals surface area contributed by atoms with E-state index in [1.807, 2.05) is 0 Å². The fourth-order valence-corrected chi connectivity index (χ4v) is 3.07. The molecule has 2 N–H and O–H groups in total. The zero-order valence-electron chi connectivity index (χ0n) is 15.4. The van der Waals surface area contributed by atoms with E-state index in [9.17, 15) is 27.6 Å². The van der Waals surface area contributed by atoms with E-state index in [-0.39, 0.29) is 30.5 Å². The first-order valence-corrected chi connectivity index (χ1v) is 8.79. The minimum atomic E-state index is -4.45. The zero-order chi connectivity index (χ0) is 21.2. The number of anilines is 3. The maximum Gasteiger partial charge on any atom is 0.416 e. The Morgan fingerprint density at radius 3 is 2.34 bits per heavy atom. The predicted octanol–water partition coefficient (Wildman–Crippen LogP) is 3.66. The van der Waals surface area contributed by atoms with Gasteiger partial charge in [-0.3, -0.25) is 14.4 Å². The Labute approximate surface area is 164 Å². The summed E-state index contributed by atoms with van der Waals surface area (Å²) in [7, 11) is 0. The first-order valence-electron chi connectivity index (χ1n) is 8.79. The third kappa shape index (κ3) is 4.92. The van der Waals surface area contributed by atoms with E-state index in [1.54, 1.807) is 24.3 Å². The maximum absolute atomic E-state index is 12.6. The highest BCUT2D eigenvalue weighted by Gasteiger charge is 2.35. The van der Waals surface area contributed by atoms with Gasteiger partial charge in [0.25, 0.3) is 0 Å². The summed E-state index contributed by atoms with van der Waals surface area (Å²) in [6.07, 6.45) is -4.47. The second kappa shape index (κ2) is 7.94. The molecule has 1 heterocycles.